The van der Waals surface area contributed by atoms with Crippen LogP contribution < -0.4 is 10.1 Å². The number of hydrogen-bond acceptors (Lipinski definition) is 5. The molecule has 136 valence electrons. The number of halogens is 1. The standard InChI is InChI=1S/C19H18BrNO5/c1-2-8-25-19(24)13-4-3-5-16(10-13)21-18(23)12-26-17-7-6-15(20)9-14(17)11-22/h3-7,9-11H,2,8,12H2,1H3,(H,21,23). The number of benzene rings is 2. The number of carbonyl (C=O) groups is 3. The first kappa shape index (κ1) is 19.7. The van der Waals surface area contributed by atoms with Crippen molar-refractivity contribution in [1.29, 1.82) is 0 Å². The summed E-state index contributed by atoms with van der Waals surface area (Å²) in [6.45, 7) is 1.98. The predicted molar refractivity (Wildman–Crippen MR) is 101 cm³/mol. The third-order valence-corrected chi connectivity index (χ3v) is 3.77. The normalized spacial score (nSPS) is 10.1. The maximum absolute atomic E-state index is 12.1. The van der Waals surface area contributed by atoms with E-state index in [0.29, 0.717) is 35.5 Å². The molecule has 1 amide bonds. The Bertz CT molecular complexity index is 806. The monoisotopic (exact) mass is 419 g/mol. The molecule has 0 spiro atoms. The number of nitrogens with one attached hydrogen (secondary N) is 1. The fraction of sp³-hybridized carbons (Fsp3) is 0.211. The highest BCUT2D eigenvalue weighted by atomic mass is 79.9. The van der Waals surface area contributed by atoms with Crippen molar-refractivity contribution in [1.82, 2.24) is 0 Å². The summed E-state index contributed by atoms with van der Waals surface area (Å²) in [5, 5.41) is 2.64. The zero-order chi connectivity index (χ0) is 18.9. The molecule has 0 unspecified atom stereocenters. The van der Waals surface area contributed by atoms with E-state index in [2.05, 4.69) is 21.2 Å². The van der Waals surface area contributed by atoms with Gasteiger partial charge in [0, 0.05) is 10.2 Å². The molecule has 0 saturated heterocycles. The van der Waals surface area contributed by atoms with Crippen molar-refractivity contribution in [3.8, 4) is 5.75 Å². The van der Waals surface area contributed by atoms with E-state index in [1.165, 1.54) is 6.07 Å². The molecule has 2 aromatic rings. The molecule has 1 N–H and O–H groups in total. The Labute approximate surface area is 159 Å². The van der Waals surface area contributed by atoms with E-state index in [1.807, 2.05) is 6.92 Å². The van der Waals surface area contributed by atoms with Crippen molar-refractivity contribution in [3.05, 3.63) is 58.1 Å². The van der Waals surface area contributed by atoms with Crippen LogP contribution in [0.4, 0.5) is 5.69 Å². The number of esters is 1. The Morgan fingerprint density at radius 2 is 2.00 bits per heavy atom. The zero-order valence-electron chi connectivity index (χ0n) is 14.2. The summed E-state index contributed by atoms with van der Waals surface area (Å²) in [7, 11) is 0. The van der Waals surface area contributed by atoms with Crippen LogP contribution in [0.3, 0.4) is 0 Å². The van der Waals surface area contributed by atoms with Gasteiger partial charge < -0.3 is 14.8 Å². The second-order valence-electron chi connectivity index (χ2n) is 5.35. The van der Waals surface area contributed by atoms with E-state index in [1.54, 1.807) is 36.4 Å². The smallest absolute Gasteiger partial charge is 0.338 e. The van der Waals surface area contributed by atoms with Crippen molar-refractivity contribution in [2.24, 2.45) is 0 Å². The first-order chi connectivity index (χ1) is 12.5. The second kappa shape index (κ2) is 9.72. The maximum Gasteiger partial charge on any atom is 0.338 e. The Hall–Kier alpha value is -2.67. The van der Waals surface area contributed by atoms with Gasteiger partial charge in [-0.3, -0.25) is 9.59 Å². The number of anilines is 1. The summed E-state index contributed by atoms with van der Waals surface area (Å²) in [6, 6.07) is 11.4. The van der Waals surface area contributed by atoms with E-state index >= 15 is 0 Å². The number of carbonyl (C=O) groups excluding carboxylic acids is 3. The number of ether oxygens (including phenoxy) is 2. The Balaban J connectivity index is 1.96. The van der Waals surface area contributed by atoms with Gasteiger partial charge in [0.1, 0.15) is 5.75 Å². The lowest BCUT2D eigenvalue weighted by atomic mass is 10.2. The molecular formula is C19H18BrNO5. The molecule has 0 aliphatic carbocycles. The molecular weight excluding hydrogens is 402 g/mol. The van der Waals surface area contributed by atoms with Crippen molar-refractivity contribution in [2.45, 2.75) is 13.3 Å². The zero-order valence-corrected chi connectivity index (χ0v) is 15.7. The molecule has 26 heavy (non-hydrogen) atoms. The SMILES string of the molecule is CCCOC(=O)c1cccc(NC(=O)COc2ccc(Br)cc2C=O)c1. The maximum atomic E-state index is 12.1. The van der Waals surface area contributed by atoms with Crippen LogP contribution in [-0.2, 0) is 9.53 Å². The molecule has 2 rings (SSSR count). The van der Waals surface area contributed by atoms with Gasteiger partial charge in [-0.05, 0) is 42.8 Å². The van der Waals surface area contributed by atoms with Crippen LogP contribution in [0.25, 0.3) is 0 Å². The molecule has 0 saturated carbocycles. The molecule has 2 aromatic carbocycles. The van der Waals surface area contributed by atoms with Gasteiger partial charge >= 0.3 is 5.97 Å². The topological polar surface area (TPSA) is 81.7 Å². The van der Waals surface area contributed by atoms with E-state index in [-0.39, 0.29) is 6.61 Å². The lowest BCUT2D eigenvalue weighted by molar-refractivity contribution is -0.118. The summed E-state index contributed by atoms with van der Waals surface area (Å²) in [5.41, 5.74) is 1.15. The van der Waals surface area contributed by atoms with E-state index < -0.39 is 11.9 Å². The lowest BCUT2D eigenvalue weighted by Crippen LogP contribution is -2.20. The molecule has 0 atom stereocenters. The number of aldehydes is 1. The quantitative estimate of drug-likeness (QED) is 0.518. The average molecular weight is 420 g/mol. The highest BCUT2D eigenvalue weighted by Gasteiger charge is 2.10. The first-order valence-corrected chi connectivity index (χ1v) is 8.77. The second-order valence-corrected chi connectivity index (χ2v) is 6.27. The summed E-state index contributed by atoms with van der Waals surface area (Å²) >= 11 is 3.26. The molecule has 0 fully saturated rings. The van der Waals surface area contributed by atoms with Crippen LogP contribution in [0.5, 0.6) is 5.75 Å². The van der Waals surface area contributed by atoms with Gasteiger partial charge in [0.2, 0.25) is 0 Å². The molecule has 6 nitrogen and oxygen atoms in total. The summed E-state index contributed by atoms with van der Waals surface area (Å²) < 4.78 is 11.2. The van der Waals surface area contributed by atoms with Gasteiger partial charge in [-0.2, -0.15) is 0 Å². The molecule has 0 aliphatic heterocycles. The van der Waals surface area contributed by atoms with E-state index in [9.17, 15) is 14.4 Å². The summed E-state index contributed by atoms with van der Waals surface area (Å²) in [5.74, 6) is -0.538. The van der Waals surface area contributed by atoms with Crippen LogP contribution in [0.1, 0.15) is 34.1 Å². The van der Waals surface area contributed by atoms with Crippen molar-refractivity contribution >= 4 is 39.8 Å². The van der Waals surface area contributed by atoms with Gasteiger partial charge in [-0.1, -0.05) is 28.9 Å². The number of rotatable bonds is 8. The molecule has 7 heteroatoms. The van der Waals surface area contributed by atoms with E-state index in [0.717, 1.165) is 10.9 Å². The highest BCUT2D eigenvalue weighted by molar-refractivity contribution is 9.10. The lowest BCUT2D eigenvalue weighted by Gasteiger charge is -2.10. The largest absolute Gasteiger partial charge is 0.483 e. The van der Waals surface area contributed by atoms with Gasteiger partial charge in [0.05, 0.1) is 17.7 Å². The molecule has 0 aliphatic rings. The van der Waals surface area contributed by atoms with Crippen LogP contribution >= 0.6 is 15.9 Å². The third kappa shape index (κ3) is 5.70. The minimum Gasteiger partial charge on any atom is -0.483 e. The third-order valence-electron chi connectivity index (χ3n) is 3.28. The van der Waals surface area contributed by atoms with Crippen molar-refractivity contribution in [3.63, 3.8) is 0 Å². The highest BCUT2D eigenvalue weighted by Crippen LogP contribution is 2.21. The molecule has 0 aromatic heterocycles. The molecule has 0 heterocycles. The number of amides is 1. The summed E-state index contributed by atoms with van der Waals surface area (Å²) in [4.78, 5) is 35.0. The predicted octanol–water partition coefficient (Wildman–Crippen LogP) is 3.85. The van der Waals surface area contributed by atoms with Gasteiger partial charge in [0.25, 0.3) is 5.91 Å². The van der Waals surface area contributed by atoms with Crippen LogP contribution in [0.15, 0.2) is 46.9 Å². The first-order valence-electron chi connectivity index (χ1n) is 7.98. The van der Waals surface area contributed by atoms with Crippen LogP contribution in [0.2, 0.25) is 0 Å². The average Bonchev–Trinajstić information content (AvgIpc) is 2.65. The van der Waals surface area contributed by atoms with Crippen LogP contribution in [-0.4, -0.2) is 31.4 Å². The Kier molecular flexibility index (Phi) is 7.35. The Morgan fingerprint density at radius 3 is 2.73 bits per heavy atom. The van der Waals surface area contributed by atoms with Gasteiger partial charge in [-0.25, -0.2) is 4.79 Å². The molecule has 0 radical (unpaired) electrons. The number of hydrogen-bond donors (Lipinski definition) is 1. The minimum absolute atomic E-state index is 0.271. The van der Waals surface area contributed by atoms with Gasteiger partial charge in [-0.15, -0.1) is 0 Å². The van der Waals surface area contributed by atoms with E-state index in [4.69, 9.17) is 9.47 Å². The fourth-order valence-corrected chi connectivity index (χ4v) is 2.46. The minimum atomic E-state index is -0.440. The van der Waals surface area contributed by atoms with Crippen LogP contribution in [0, 0.1) is 0 Å². The molecule has 0 bridgehead atoms. The fourth-order valence-electron chi connectivity index (χ4n) is 2.09. The van der Waals surface area contributed by atoms with Gasteiger partial charge in [0.15, 0.2) is 12.9 Å². The summed E-state index contributed by atoms with van der Waals surface area (Å²) in [6.07, 6.45) is 1.39. The van der Waals surface area contributed by atoms with Crippen molar-refractivity contribution in [2.75, 3.05) is 18.5 Å². The van der Waals surface area contributed by atoms with Crippen molar-refractivity contribution < 1.29 is 23.9 Å². The Morgan fingerprint density at radius 1 is 1.19 bits per heavy atom.